The van der Waals surface area contributed by atoms with Crippen molar-refractivity contribution in [3.63, 3.8) is 0 Å². The van der Waals surface area contributed by atoms with Gasteiger partial charge in [-0.05, 0) is 35.1 Å². The Morgan fingerprint density at radius 3 is 2.77 bits per heavy atom. The van der Waals surface area contributed by atoms with Crippen molar-refractivity contribution in [3.05, 3.63) is 28.5 Å². The van der Waals surface area contributed by atoms with Gasteiger partial charge in [-0.3, -0.25) is 9.78 Å². The number of primary amides is 1. The number of amides is 1. The number of hydrogen-bond acceptors (Lipinski definition) is 3. The number of hydrogen-bond donors (Lipinski definition) is 2. The van der Waals surface area contributed by atoms with Crippen molar-refractivity contribution in [2.24, 2.45) is 5.73 Å². The fraction of sp³-hybridized carbons (Fsp3) is 0.250. The molecular formula is C8H10BrN3O. The Kier molecular flexibility index (Phi) is 3.39. The Morgan fingerprint density at radius 2 is 2.38 bits per heavy atom. The Morgan fingerprint density at radius 1 is 1.69 bits per heavy atom. The van der Waals surface area contributed by atoms with Crippen LogP contribution >= 0.6 is 15.9 Å². The van der Waals surface area contributed by atoms with Crippen LogP contribution in [0.1, 0.15) is 11.7 Å². The highest BCUT2D eigenvalue weighted by Crippen LogP contribution is 2.12. The minimum Gasteiger partial charge on any atom is -0.368 e. The van der Waals surface area contributed by atoms with Crippen molar-refractivity contribution < 1.29 is 4.79 Å². The summed E-state index contributed by atoms with van der Waals surface area (Å²) in [6.45, 7) is 0. The van der Waals surface area contributed by atoms with E-state index >= 15 is 0 Å². The first-order valence-electron chi connectivity index (χ1n) is 3.73. The fourth-order valence-corrected chi connectivity index (χ4v) is 1.23. The number of nitrogens with two attached hydrogens (primary N) is 1. The highest BCUT2D eigenvalue weighted by molar-refractivity contribution is 9.10. The van der Waals surface area contributed by atoms with Crippen LogP contribution in [0, 0.1) is 0 Å². The second kappa shape index (κ2) is 4.34. The second-order valence-electron chi connectivity index (χ2n) is 2.53. The fourth-order valence-electron chi connectivity index (χ4n) is 0.994. The van der Waals surface area contributed by atoms with Gasteiger partial charge < -0.3 is 11.1 Å². The first-order chi connectivity index (χ1) is 6.15. The SMILES string of the molecule is CNC(C(N)=O)c1ccc(Br)cn1. The molecule has 1 heterocycles. The van der Waals surface area contributed by atoms with Crippen LogP contribution in [0.3, 0.4) is 0 Å². The van der Waals surface area contributed by atoms with E-state index in [0.29, 0.717) is 5.69 Å². The van der Waals surface area contributed by atoms with Crippen LogP contribution in [0.25, 0.3) is 0 Å². The molecular weight excluding hydrogens is 234 g/mol. The number of nitrogens with zero attached hydrogens (tertiary/aromatic N) is 1. The van der Waals surface area contributed by atoms with Crippen LogP contribution in [-0.2, 0) is 4.79 Å². The molecule has 13 heavy (non-hydrogen) atoms. The zero-order chi connectivity index (χ0) is 9.84. The maximum Gasteiger partial charge on any atom is 0.240 e. The highest BCUT2D eigenvalue weighted by Gasteiger charge is 2.15. The molecule has 1 rings (SSSR count). The van der Waals surface area contributed by atoms with Crippen molar-refractivity contribution in [3.8, 4) is 0 Å². The van der Waals surface area contributed by atoms with E-state index < -0.39 is 11.9 Å². The summed E-state index contributed by atoms with van der Waals surface area (Å²) in [4.78, 5) is 15.0. The van der Waals surface area contributed by atoms with E-state index in [0.717, 1.165) is 4.47 Å². The average molecular weight is 244 g/mol. The van der Waals surface area contributed by atoms with Crippen molar-refractivity contribution in [1.82, 2.24) is 10.3 Å². The molecule has 0 spiro atoms. The van der Waals surface area contributed by atoms with Crippen LogP contribution in [-0.4, -0.2) is 17.9 Å². The zero-order valence-corrected chi connectivity index (χ0v) is 8.71. The van der Waals surface area contributed by atoms with Crippen molar-refractivity contribution in [1.29, 1.82) is 0 Å². The summed E-state index contributed by atoms with van der Waals surface area (Å²) in [7, 11) is 1.67. The molecule has 0 aliphatic rings. The van der Waals surface area contributed by atoms with Crippen LogP contribution in [0.15, 0.2) is 22.8 Å². The topological polar surface area (TPSA) is 68.0 Å². The van der Waals surface area contributed by atoms with E-state index in [1.807, 2.05) is 6.07 Å². The molecule has 0 saturated heterocycles. The smallest absolute Gasteiger partial charge is 0.240 e. The molecule has 0 saturated carbocycles. The minimum absolute atomic E-state index is 0.433. The summed E-state index contributed by atoms with van der Waals surface area (Å²) < 4.78 is 0.871. The summed E-state index contributed by atoms with van der Waals surface area (Å²) >= 11 is 3.25. The normalized spacial score (nSPS) is 12.5. The molecule has 1 amide bonds. The number of carbonyl (C=O) groups excluding carboxylic acids is 1. The molecule has 0 fully saturated rings. The van der Waals surface area contributed by atoms with Gasteiger partial charge in [0, 0.05) is 10.7 Å². The van der Waals surface area contributed by atoms with Gasteiger partial charge in [0.1, 0.15) is 6.04 Å². The standard InChI is InChI=1S/C8H10BrN3O/c1-11-7(8(10)13)6-3-2-5(9)4-12-6/h2-4,7,11H,1H3,(H2,10,13). The third-order valence-corrected chi connectivity index (χ3v) is 2.09. The number of nitrogens with one attached hydrogen (secondary N) is 1. The third kappa shape index (κ3) is 2.50. The number of aromatic nitrogens is 1. The molecule has 0 aliphatic carbocycles. The number of likely N-dealkylation sites (N-methyl/N-ethyl adjacent to an activating group) is 1. The summed E-state index contributed by atoms with van der Waals surface area (Å²) in [5.74, 6) is -0.433. The average Bonchev–Trinajstić information content (AvgIpc) is 2.09. The lowest BCUT2D eigenvalue weighted by atomic mass is 10.2. The second-order valence-corrected chi connectivity index (χ2v) is 3.44. The van der Waals surface area contributed by atoms with Gasteiger partial charge >= 0.3 is 0 Å². The van der Waals surface area contributed by atoms with Crippen LogP contribution in [0.5, 0.6) is 0 Å². The van der Waals surface area contributed by atoms with Gasteiger partial charge in [-0.15, -0.1) is 0 Å². The Balaban J connectivity index is 2.92. The molecule has 3 N–H and O–H groups in total. The summed E-state index contributed by atoms with van der Waals surface area (Å²) in [5.41, 5.74) is 5.79. The lowest BCUT2D eigenvalue weighted by molar-refractivity contribution is -0.120. The van der Waals surface area contributed by atoms with Gasteiger partial charge in [0.05, 0.1) is 5.69 Å². The monoisotopic (exact) mass is 243 g/mol. The van der Waals surface area contributed by atoms with E-state index in [9.17, 15) is 4.79 Å². The maximum absolute atomic E-state index is 10.9. The third-order valence-electron chi connectivity index (χ3n) is 1.62. The largest absolute Gasteiger partial charge is 0.368 e. The number of pyridine rings is 1. The van der Waals surface area contributed by atoms with Crippen molar-refractivity contribution in [2.75, 3.05) is 7.05 Å². The van der Waals surface area contributed by atoms with E-state index in [1.165, 1.54) is 0 Å². The summed E-state index contributed by atoms with van der Waals surface area (Å²) in [6.07, 6.45) is 1.63. The molecule has 1 atom stereocenters. The minimum atomic E-state index is -0.520. The number of carbonyl (C=O) groups is 1. The van der Waals surface area contributed by atoms with Gasteiger partial charge in [-0.2, -0.15) is 0 Å². The Hall–Kier alpha value is -0.940. The van der Waals surface area contributed by atoms with E-state index in [2.05, 4.69) is 26.2 Å². The summed E-state index contributed by atoms with van der Waals surface area (Å²) in [6, 6.07) is 3.04. The van der Waals surface area contributed by atoms with Crippen LogP contribution < -0.4 is 11.1 Å². The zero-order valence-electron chi connectivity index (χ0n) is 7.12. The van der Waals surface area contributed by atoms with Gasteiger partial charge in [0.15, 0.2) is 0 Å². The quantitative estimate of drug-likeness (QED) is 0.817. The first kappa shape index (κ1) is 10.1. The molecule has 5 heteroatoms. The van der Waals surface area contributed by atoms with Crippen molar-refractivity contribution in [2.45, 2.75) is 6.04 Å². The van der Waals surface area contributed by atoms with Crippen LogP contribution in [0.2, 0.25) is 0 Å². The van der Waals surface area contributed by atoms with Gasteiger partial charge in [-0.1, -0.05) is 0 Å². The predicted octanol–water partition coefficient (Wildman–Crippen LogP) is 0.590. The Labute approximate surface area is 84.7 Å². The highest BCUT2D eigenvalue weighted by atomic mass is 79.9. The lowest BCUT2D eigenvalue weighted by Gasteiger charge is -2.10. The van der Waals surface area contributed by atoms with E-state index in [-0.39, 0.29) is 0 Å². The lowest BCUT2D eigenvalue weighted by Crippen LogP contribution is -2.31. The van der Waals surface area contributed by atoms with Crippen molar-refractivity contribution >= 4 is 21.8 Å². The molecule has 1 unspecified atom stereocenters. The molecule has 0 aromatic carbocycles. The summed E-state index contributed by atoms with van der Waals surface area (Å²) in [5, 5.41) is 2.78. The molecule has 1 aromatic rings. The maximum atomic E-state index is 10.9. The molecule has 4 nitrogen and oxygen atoms in total. The first-order valence-corrected chi connectivity index (χ1v) is 4.52. The van der Waals surface area contributed by atoms with Crippen LogP contribution in [0.4, 0.5) is 0 Å². The molecule has 0 radical (unpaired) electrons. The molecule has 0 bridgehead atoms. The molecule has 70 valence electrons. The van der Waals surface area contributed by atoms with Gasteiger partial charge in [-0.25, -0.2) is 0 Å². The predicted molar refractivity (Wildman–Crippen MR) is 52.9 cm³/mol. The van der Waals surface area contributed by atoms with E-state index in [1.54, 1.807) is 19.3 Å². The van der Waals surface area contributed by atoms with Gasteiger partial charge in [0.25, 0.3) is 0 Å². The Bertz CT molecular complexity index is 299. The molecule has 1 aromatic heterocycles. The number of rotatable bonds is 3. The molecule has 0 aliphatic heterocycles. The van der Waals surface area contributed by atoms with E-state index in [4.69, 9.17) is 5.73 Å². The van der Waals surface area contributed by atoms with Gasteiger partial charge in [0.2, 0.25) is 5.91 Å². The number of halogens is 1.